The van der Waals surface area contributed by atoms with Gasteiger partial charge in [-0.15, -0.1) is 0 Å². The Balaban J connectivity index is 1.55. The van der Waals surface area contributed by atoms with Crippen molar-refractivity contribution in [1.29, 1.82) is 0 Å². The average Bonchev–Trinajstić information content (AvgIpc) is 3.02. The van der Waals surface area contributed by atoms with Gasteiger partial charge in [0.2, 0.25) is 6.79 Å². The summed E-state index contributed by atoms with van der Waals surface area (Å²) in [6.07, 6.45) is 1.08. The molecule has 1 aromatic heterocycles. The number of hydrogen-bond acceptors (Lipinski definition) is 6. The summed E-state index contributed by atoms with van der Waals surface area (Å²) in [6, 6.07) is 9.34. The van der Waals surface area contributed by atoms with Crippen LogP contribution in [0.25, 0.3) is 0 Å². The predicted octanol–water partition coefficient (Wildman–Crippen LogP) is 2.99. The lowest BCUT2D eigenvalue weighted by atomic mass is 10.2. The van der Waals surface area contributed by atoms with Crippen LogP contribution in [-0.2, 0) is 11.3 Å². The van der Waals surface area contributed by atoms with Crippen LogP contribution >= 0.6 is 0 Å². The third-order valence-corrected chi connectivity index (χ3v) is 3.20. The maximum atomic E-state index is 11.3. The van der Waals surface area contributed by atoms with E-state index in [0.717, 1.165) is 17.1 Å². The molecule has 0 unspecified atom stereocenters. The van der Waals surface area contributed by atoms with Crippen LogP contribution in [0.1, 0.15) is 12.5 Å². The number of carbonyl (C=O) groups is 1. The minimum absolute atomic E-state index is 0.267. The van der Waals surface area contributed by atoms with Gasteiger partial charge in [0, 0.05) is 6.54 Å². The number of nitrogens with one attached hydrogen (secondary N) is 2. The molecule has 2 aromatic rings. The minimum Gasteiger partial charge on any atom is -0.454 e. The van der Waals surface area contributed by atoms with Gasteiger partial charge in [0.1, 0.15) is 5.82 Å². The van der Waals surface area contributed by atoms with E-state index >= 15 is 0 Å². The first-order chi connectivity index (χ1) is 11.2. The molecule has 1 aromatic carbocycles. The van der Waals surface area contributed by atoms with E-state index in [-0.39, 0.29) is 6.79 Å². The van der Waals surface area contributed by atoms with Crippen LogP contribution in [0, 0.1) is 0 Å². The van der Waals surface area contributed by atoms with Crippen LogP contribution in [0.5, 0.6) is 11.5 Å². The fourth-order valence-electron chi connectivity index (χ4n) is 2.10. The van der Waals surface area contributed by atoms with Crippen molar-refractivity contribution in [1.82, 2.24) is 4.98 Å². The first-order valence-electron chi connectivity index (χ1n) is 7.27. The number of pyridine rings is 1. The number of aromatic nitrogens is 1. The van der Waals surface area contributed by atoms with Crippen LogP contribution in [0.15, 0.2) is 36.5 Å². The number of amides is 1. The molecule has 0 saturated heterocycles. The van der Waals surface area contributed by atoms with Crippen molar-refractivity contribution in [2.24, 2.45) is 0 Å². The first kappa shape index (κ1) is 15.0. The molecule has 1 amide bonds. The zero-order valence-electron chi connectivity index (χ0n) is 12.7. The monoisotopic (exact) mass is 315 g/mol. The third-order valence-electron chi connectivity index (χ3n) is 3.20. The van der Waals surface area contributed by atoms with Gasteiger partial charge in [-0.1, -0.05) is 6.07 Å². The topological polar surface area (TPSA) is 81.7 Å². The number of ether oxygens (including phenoxy) is 3. The van der Waals surface area contributed by atoms with Crippen LogP contribution < -0.4 is 20.1 Å². The molecule has 2 heterocycles. The van der Waals surface area contributed by atoms with Crippen LogP contribution in [0.3, 0.4) is 0 Å². The number of hydrogen-bond donors (Lipinski definition) is 2. The SMILES string of the molecule is CCOC(=O)Nc1ccc(NCc2ccc3c(c2)OCO3)nc1. The van der Waals surface area contributed by atoms with Crippen molar-refractivity contribution in [3.05, 3.63) is 42.1 Å². The lowest BCUT2D eigenvalue weighted by Crippen LogP contribution is -2.13. The maximum absolute atomic E-state index is 11.3. The smallest absolute Gasteiger partial charge is 0.411 e. The number of anilines is 2. The van der Waals surface area contributed by atoms with E-state index in [1.54, 1.807) is 25.3 Å². The maximum Gasteiger partial charge on any atom is 0.411 e. The lowest BCUT2D eigenvalue weighted by molar-refractivity contribution is 0.168. The standard InChI is InChI=1S/C16H17N3O4/c1-2-21-16(20)19-12-4-6-15(18-9-12)17-8-11-3-5-13-14(7-11)23-10-22-13/h3-7,9H,2,8,10H2,1H3,(H,17,18)(H,19,20). The summed E-state index contributed by atoms with van der Waals surface area (Å²) in [5, 5.41) is 5.80. The molecule has 23 heavy (non-hydrogen) atoms. The molecule has 0 bridgehead atoms. The van der Waals surface area contributed by atoms with E-state index in [1.807, 2.05) is 18.2 Å². The van der Waals surface area contributed by atoms with Gasteiger partial charge in [-0.3, -0.25) is 5.32 Å². The molecular formula is C16H17N3O4. The summed E-state index contributed by atoms with van der Waals surface area (Å²) in [5.74, 6) is 2.23. The van der Waals surface area contributed by atoms with Crippen molar-refractivity contribution < 1.29 is 19.0 Å². The zero-order valence-corrected chi connectivity index (χ0v) is 12.7. The van der Waals surface area contributed by atoms with Gasteiger partial charge in [-0.2, -0.15) is 0 Å². The van der Waals surface area contributed by atoms with E-state index in [0.29, 0.717) is 24.7 Å². The molecule has 7 nitrogen and oxygen atoms in total. The molecule has 0 radical (unpaired) electrons. The van der Waals surface area contributed by atoms with Crippen molar-refractivity contribution in [3.63, 3.8) is 0 Å². The second-order valence-electron chi connectivity index (χ2n) is 4.82. The molecule has 3 rings (SSSR count). The Bertz CT molecular complexity index is 688. The number of nitrogens with zero attached hydrogens (tertiary/aromatic N) is 1. The fourth-order valence-corrected chi connectivity index (χ4v) is 2.10. The molecule has 2 N–H and O–H groups in total. The number of rotatable bonds is 5. The van der Waals surface area contributed by atoms with Gasteiger partial charge in [0.05, 0.1) is 18.5 Å². The van der Waals surface area contributed by atoms with E-state index in [4.69, 9.17) is 14.2 Å². The molecule has 120 valence electrons. The number of benzene rings is 1. The van der Waals surface area contributed by atoms with Crippen molar-refractivity contribution in [2.45, 2.75) is 13.5 Å². The molecule has 0 saturated carbocycles. The Morgan fingerprint density at radius 1 is 1.26 bits per heavy atom. The van der Waals surface area contributed by atoms with Crippen LogP contribution in [0.4, 0.5) is 16.3 Å². The van der Waals surface area contributed by atoms with E-state index in [1.165, 1.54) is 0 Å². The second-order valence-corrected chi connectivity index (χ2v) is 4.82. The fraction of sp³-hybridized carbons (Fsp3) is 0.250. The van der Waals surface area contributed by atoms with Gasteiger partial charge >= 0.3 is 6.09 Å². The Morgan fingerprint density at radius 3 is 2.91 bits per heavy atom. The highest BCUT2D eigenvalue weighted by Crippen LogP contribution is 2.32. The highest BCUT2D eigenvalue weighted by molar-refractivity contribution is 5.84. The Kier molecular flexibility index (Phi) is 4.46. The normalized spacial score (nSPS) is 11.9. The molecule has 1 aliphatic heterocycles. The van der Waals surface area contributed by atoms with Crippen molar-refractivity contribution >= 4 is 17.6 Å². The molecule has 0 atom stereocenters. The van der Waals surface area contributed by atoms with E-state index in [9.17, 15) is 4.79 Å². The average molecular weight is 315 g/mol. The molecular weight excluding hydrogens is 298 g/mol. The lowest BCUT2D eigenvalue weighted by Gasteiger charge is -2.08. The highest BCUT2D eigenvalue weighted by atomic mass is 16.7. The molecule has 0 spiro atoms. The summed E-state index contributed by atoms with van der Waals surface area (Å²) < 4.78 is 15.4. The largest absolute Gasteiger partial charge is 0.454 e. The number of fused-ring (bicyclic) bond motifs is 1. The zero-order chi connectivity index (χ0) is 16.1. The highest BCUT2D eigenvalue weighted by Gasteiger charge is 2.13. The predicted molar refractivity (Wildman–Crippen MR) is 84.8 cm³/mol. The molecule has 7 heteroatoms. The van der Waals surface area contributed by atoms with Crippen molar-refractivity contribution in [3.8, 4) is 11.5 Å². The number of carbonyl (C=O) groups excluding carboxylic acids is 1. The van der Waals surface area contributed by atoms with Crippen LogP contribution in [0.2, 0.25) is 0 Å². The summed E-state index contributed by atoms with van der Waals surface area (Å²) in [5.41, 5.74) is 1.64. The molecule has 1 aliphatic rings. The van der Waals surface area contributed by atoms with E-state index in [2.05, 4.69) is 15.6 Å². The molecule has 0 fully saturated rings. The second kappa shape index (κ2) is 6.87. The summed E-state index contributed by atoms with van der Waals surface area (Å²) in [4.78, 5) is 15.5. The van der Waals surface area contributed by atoms with Crippen LogP contribution in [-0.4, -0.2) is 24.5 Å². The Morgan fingerprint density at radius 2 is 2.13 bits per heavy atom. The minimum atomic E-state index is -0.490. The third kappa shape index (κ3) is 3.82. The summed E-state index contributed by atoms with van der Waals surface area (Å²) in [6.45, 7) is 2.95. The van der Waals surface area contributed by atoms with Gasteiger partial charge in [-0.25, -0.2) is 9.78 Å². The summed E-state index contributed by atoms with van der Waals surface area (Å²) in [7, 11) is 0. The van der Waals surface area contributed by atoms with Crippen molar-refractivity contribution in [2.75, 3.05) is 24.0 Å². The quantitative estimate of drug-likeness (QED) is 0.883. The summed E-state index contributed by atoms with van der Waals surface area (Å²) >= 11 is 0. The van der Waals surface area contributed by atoms with Gasteiger partial charge < -0.3 is 19.5 Å². The Hall–Kier alpha value is -2.96. The van der Waals surface area contributed by atoms with Gasteiger partial charge in [-0.05, 0) is 36.8 Å². The van der Waals surface area contributed by atoms with Gasteiger partial charge in [0.25, 0.3) is 0 Å². The first-order valence-corrected chi connectivity index (χ1v) is 7.27. The molecule has 0 aliphatic carbocycles. The van der Waals surface area contributed by atoms with E-state index < -0.39 is 6.09 Å². The Labute approximate surface area is 133 Å². The van der Waals surface area contributed by atoms with Gasteiger partial charge in [0.15, 0.2) is 11.5 Å².